The van der Waals surface area contributed by atoms with E-state index in [-0.39, 0.29) is 17.2 Å². The van der Waals surface area contributed by atoms with Crippen molar-refractivity contribution in [3.63, 3.8) is 0 Å². The largest absolute Gasteiger partial charge is 0.345 e. The molecule has 0 aliphatic heterocycles. The fourth-order valence-electron chi connectivity index (χ4n) is 2.70. The van der Waals surface area contributed by atoms with Crippen LogP contribution in [0.4, 0.5) is 0 Å². The summed E-state index contributed by atoms with van der Waals surface area (Å²) in [6.45, 7) is 2.72. The van der Waals surface area contributed by atoms with E-state index in [1.54, 1.807) is 0 Å². The molecule has 1 aromatic carbocycles. The molecule has 0 N–H and O–H groups in total. The van der Waals surface area contributed by atoms with Gasteiger partial charge in [0.25, 0.3) is 0 Å². The summed E-state index contributed by atoms with van der Waals surface area (Å²) in [5.41, 5.74) is 2.75. The predicted octanol–water partition coefficient (Wildman–Crippen LogP) is 3.27. The molecule has 0 bridgehead atoms. The molecule has 2 nitrogen and oxygen atoms in total. The average Bonchev–Trinajstić information content (AvgIpc) is 2.43. The van der Waals surface area contributed by atoms with Gasteiger partial charge in [-0.1, -0.05) is 24.3 Å². The first kappa shape index (κ1) is 14.4. The number of amides is 1. The summed E-state index contributed by atoms with van der Waals surface area (Å²) in [6.07, 6.45) is 3.73. The van der Waals surface area contributed by atoms with Gasteiger partial charge in [0.2, 0.25) is 5.91 Å². The average molecular weight is 280 g/mol. The first-order valence-electron chi connectivity index (χ1n) is 7.03. The summed E-state index contributed by atoms with van der Waals surface area (Å²) in [6, 6.07) is 8.46. The topological polar surface area (TPSA) is 20.3 Å². The molecule has 3 heteroatoms. The van der Waals surface area contributed by atoms with Crippen LogP contribution in [0.5, 0.6) is 0 Å². The summed E-state index contributed by atoms with van der Waals surface area (Å²) in [4.78, 5) is 14.2. The van der Waals surface area contributed by atoms with Crippen molar-refractivity contribution >= 4 is 17.5 Å². The highest BCUT2D eigenvalue weighted by atomic mass is 35.5. The van der Waals surface area contributed by atoms with E-state index >= 15 is 0 Å². The van der Waals surface area contributed by atoms with Crippen molar-refractivity contribution in [1.29, 1.82) is 0 Å². The Labute approximate surface area is 120 Å². The van der Waals surface area contributed by atoms with E-state index in [9.17, 15) is 4.79 Å². The molecule has 1 aliphatic rings. The lowest BCUT2D eigenvalue weighted by Crippen LogP contribution is -2.36. The maximum absolute atomic E-state index is 12.4. The second-order valence-corrected chi connectivity index (χ2v) is 6.28. The lowest BCUT2D eigenvalue weighted by Gasteiger charge is -2.28. The van der Waals surface area contributed by atoms with Gasteiger partial charge in [0.05, 0.1) is 0 Å². The number of carbonyl (C=O) groups excluding carboxylic acids is 1. The van der Waals surface area contributed by atoms with E-state index in [0.717, 1.165) is 32.2 Å². The molecular weight excluding hydrogens is 258 g/mol. The molecule has 1 aliphatic carbocycles. The van der Waals surface area contributed by atoms with Crippen LogP contribution in [0.3, 0.4) is 0 Å². The molecule has 1 amide bonds. The third-order valence-corrected chi connectivity index (χ3v) is 4.15. The van der Waals surface area contributed by atoms with Crippen LogP contribution in [-0.2, 0) is 17.6 Å². The normalized spacial score (nSPS) is 19.6. The molecule has 0 aromatic heterocycles. The smallest absolute Gasteiger partial charge is 0.225 e. The van der Waals surface area contributed by atoms with Gasteiger partial charge in [0, 0.05) is 24.9 Å². The molecule has 1 aromatic rings. The molecule has 0 fully saturated rings. The Morgan fingerprint density at radius 1 is 1.42 bits per heavy atom. The van der Waals surface area contributed by atoms with E-state index < -0.39 is 0 Å². The number of alkyl halides is 1. The van der Waals surface area contributed by atoms with Crippen LogP contribution >= 0.6 is 11.6 Å². The Bertz CT molecular complexity index is 444. The number of fused-ring (bicyclic) bond motifs is 1. The second kappa shape index (κ2) is 6.42. The highest BCUT2D eigenvalue weighted by Gasteiger charge is 2.26. The molecule has 0 spiro atoms. The standard InChI is InChI=1S/C16H22ClNO/c1-12(17)9-10-18(2)16(19)15-8-7-13-5-3-4-6-14(13)11-15/h3-6,12,15H,7-11H2,1-2H3. The maximum Gasteiger partial charge on any atom is 0.225 e. The summed E-state index contributed by atoms with van der Waals surface area (Å²) < 4.78 is 0. The zero-order chi connectivity index (χ0) is 13.8. The molecule has 0 radical (unpaired) electrons. The third kappa shape index (κ3) is 3.73. The van der Waals surface area contributed by atoms with Crippen LogP contribution in [0.25, 0.3) is 0 Å². The summed E-state index contributed by atoms with van der Waals surface area (Å²) in [5, 5.41) is 0.127. The van der Waals surface area contributed by atoms with E-state index in [1.165, 1.54) is 11.1 Å². The van der Waals surface area contributed by atoms with Crippen molar-refractivity contribution in [3.05, 3.63) is 35.4 Å². The lowest BCUT2D eigenvalue weighted by molar-refractivity contribution is -0.134. The van der Waals surface area contributed by atoms with Gasteiger partial charge in [0.15, 0.2) is 0 Å². The Morgan fingerprint density at radius 3 is 2.79 bits per heavy atom. The minimum Gasteiger partial charge on any atom is -0.345 e. The van der Waals surface area contributed by atoms with Crippen LogP contribution in [0.2, 0.25) is 0 Å². The van der Waals surface area contributed by atoms with Crippen LogP contribution in [0.1, 0.15) is 30.9 Å². The van der Waals surface area contributed by atoms with Crippen molar-refractivity contribution in [2.24, 2.45) is 5.92 Å². The molecule has 19 heavy (non-hydrogen) atoms. The molecule has 0 saturated heterocycles. The Kier molecular flexibility index (Phi) is 4.87. The lowest BCUT2D eigenvalue weighted by atomic mass is 9.83. The SMILES string of the molecule is CC(Cl)CCN(C)C(=O)C1CCc2ccccc2C1. The van der Waals surface area contributed by atoms with Crippen molar-refractivity contribution in [2.45, 2.75) is 38.0 Å². The molecule has 0 heterocycles. The van der Waals surface area contributed by atoms with Crippen molar-refractivity contribution in [2.75, 3.05) is 13.6 Å². The molecular formula is C16H22ClNO. The number of hydrogen-bond donors (Lipinski definition) is 0. The quantitative estimate of drug-likeness (QED) is 0.775. The molecule has 2 unspecified atom stereocenters. The minimum atomic E-state index is 0.127. The van der Waals surface area contributed by atoms with Gasteiger partial charge in [-0.2, -0.15) is 0 Å². The summed E-state index contributed by atoms with van der Waals surface area (Å²) in [7, 11) is 1.89. The van der Waals surface area contributed by atoms with Crippen LogP contribution in [0.15, 0.2) is 24.3 Å². The Balaban J connectivity index is 1.95. The van der Waals surface area contributed by atoms with E-state index in [4.69, 9.17) is 11.6 Å². The number of carbonyl (C=O) groups is 1. The highest BCUT2D eigenvalue weighted by molar-refractivity contribution is 6.20. The number of rotatable bonds is 4. The fourth-order valence-corrected chi connectivity index (χ4v) is 2.80. The molecule has 2 atom stereocenters. The van der Waals surface area contributed by atoms with Gasteiger partial charge in [0.1, 0.15) is 0 Å². The number of nitrogens with zero attached hydrogens (tertiary/aromatic N) is 1. The van der Waals surface area contributed by atoms with Crippen molar-refractivity contribution in [1.82, 2.24) is 4.90 Å². The first-order chi connectivity index (χ1) is 9.08. The zero-order valence-electron chi connectivity index (χ0n) is 11.7. The van der Waals surface area contributed by atoms with Crippen molar-refractivity contribution < 1.29 is 4.79 Å². The number of hydrogen-bond acceptors (Lipinski definition) is 1. The van der Waals surface area contributed by atoms with Gasteiger partial charge in [-0.05, 0) is 43.7 Å². The minimum absolute atomic E-state index is 0.127. The van der Waals surface area contributed by atoms with E-state index in [0.29, 0.717) is 0 Å². The highest BCUT2D eigenvalue weighted by Crippen LogP contribution is 2.26. The molecule has 2 rings (SSSR count). The number of aryl methyl sites for hydroxylation is 1. The van der Waals surface area contributed by atoms with Gasteiger partial charge < -0.3 is 4.90 Å². The zero-order valence-corrected chi connectivity index (χ0v) is 12.5. The van der Waals surface area contributed by atoms with E-state index in [1.807, 2.05) is 18.9 Å². The Morgan fingerprint density at radius 2 is 2.11 bits per heavy atom. The van der Waals surface area contributed by atoms with Gasteiger partial charge in [-0.25, -0.2) is 0 Å². The van der Waals surface area contributed by atoms with Crippen LogP contribution in [0, 0.1) is 5.92 Å². The third-order valence-electron chi connectivity index (χ3n) is 3.93. The number of halogens is 1. The van der Waals surface area contributed by atoms with Crippen molar-refractivity contribution in [3.8, 4) is 0 Å². The van der Waals surface area contributed by atoms with E-state index in [2.05, 4.69) is 24.3 Å². The predicted molar refractivity (Wildman–Crippen MR) is 79.5 cm³/mol. The molecule has 0 saturated carbocycles. The van der Waals surface area contributed by atoms with Gasteiger partial charge in [-0.3, -0.25) is 4.79 Å². The Hall–Kier alpha value is -1.02. The summed E-state index contributed by atoms with van der Waals surface area (Å²) in [5.74, 6) is 0.414. The fraction of sp³-hybridized carbons (Fsp3) is 0.562. The molecule has 104 valence electrons. The van der Waals surface area contributed by atoms with Gasteiger partial charge >= 0.3 is 0 Å². The maximum atomic E-state index is 12.4. The van der Waals surface area contributed by atoms with Gasteiger partial charge in [-0.15, -0.1) is 11.6 Å². The number of benzene rings is 1. The van der Waals surface area contributed by atoms with Crippen LogP contribution < -0.4 is 0 Å². The van der Waals surface area contributed by atoms with Crippen LogP contribution in [-0.4, -0.2) is 29.8 Å². The summed E-state index contributed by atoms with van der Waals surface area (Å²) >= 11 is 5.94. The first-order valence-corrected chi connectivity index (χ1v) is 7.47. The second-order valence-electron chi connectivity index (χ2n) is 5.54. The monoisotopic (exact) mass is 279 g/mol.